The summed E-state index contributed by atoms with van der Waals surface area (Å²) < 4.78 is 10.7. The van der Waals surface area contributed by atoms with E-state index >= 15 is 0 Å². The molecule has 0 aliphatic heterocycles. The van der Waals surface area contributed by atoms with Gasteiger partial charge in [0.1, 0.15) is 11.5 Å². The van der Waals surface area contributed by atoms with Crippen LogP contribution in [0, 0.1) is 6.92 Å². The summed E-state index contributed by atoms with van der Waals surface area (Å²) in [6, 6.07) is 7.20. The van der Waals surface area contributed by atoms with Crippen molar-refractivity contribution in [2.45, 2.75) is 26.7 Å². The average Bonchev–Trinajstić information content (AvgIpc) is 3.01. The van der Waals surface area contributed by atoms with Crippen molar-refractivity contribution in [1.29, 1.82) is 0 Å². The first-order valence-corrected chi connectivity index (χ1v) is 7.63. The fourth-order valence-electron chi connectivity index (χ4n) is 1.95. The molecule has 1 amide bonds. The summed E-state index contributed by atoms with van der Waals surface area (Å²) in [5.74, 6) is 1.10. The number of carbonyl (C=O) groups excluding carboxylic acids is 1. The molecule has 1 aromatic carbocycles. The Kier molecular flexibility index (Phi) is 5.82. The number of hydrazone groups is 1. The zero-order chi connectivity index (χ0) is 16.8. The van der Waals surface area contributed by atoms with Crippen molar-refractivity contribution in [2.24, 2.45) is 5.10 Å². The van der Waals surface area contributed by atoms with Crippen LogP contribution < -0.4 is 10.2 Å². The Morgan fingerprint density at radius 1 is 1.48 bits per heavy atom. The van der Waals surface area contributed by atoms with Crippen LogP contribution in [0.3, 0.4) is 0 Å². The highest BCUT2D eigenvalue weighted by Crippen LogP contribution is 2.31. The minimum absolute atomic E-state index is 0.129. The standard InChI is InChI=1S/C17H19ClN2O3/c1-11(2)14-8-15(18)12(3)7-16(14)23-10-17(21)20-19-9-13-5-4-6-22-13/h4-9,11H,10H2,1-3H3,(H,20,21). The number of ether oxygens (including phenoxy) is 1. The third-order valence-corrected chi connectivity index (χ3v) is 3.60. The number of amides is 1. The summed E-state index contributed by atoms with van der Waals surface area (Å²) in [6.45, 7) is 5.85. The fourth-order valence-corrected chi connectivity index (χ4v) is 2.13. The number of nitrogens with zero attached hydrogens (tertiary/aromatic N) is 1. The van der Waals surface area contributed by atoms with Gasteiger partial charge < -0.3 is 9.15 Å². The average molecular weight is 335 g/mol. The Morgan fingerprint density at radius 2 is 2.26 bits per heavy atom. The molecule has 6 heteroatoms. The lowest BCUT2D eigenvalue weighted by Crippen LogP contribution is -2.25. The molecule has 2 rings (SSSR count). The van der Waals surface area contributed by atoms with Crippen molar-refractivity contribution in [3.63, 3.8) is 0 Å². The van der Waals surface area contributed by atoms with Crippen LogP contribution in [0.2, 0.25) is 5.02 Å². The zero-order valence-corrected chi connectivity index (χ0v) is 14.1. The van der Waals surface area contributed by atoms with Crippen LogP contribution in [-0.2, 0) is 4.79 Å². The van der Waals surface area contributed by atoms with E-state index < -0.39 is 0 Å². The highest BCUT2D eigenvalue weighted by molar-refractivity contribution is 6.31. The monoisotopic (exact) mass is 334 g/mol. The van der Waals surface area contributed by atoms with Crippen LogP contribution in [0.1, 0.15) is 36.7 Å². The van der Waals surface area contributed by atoms with Crippen LogP contribution >= 0.6 is 11.6 Å². The number of hydrogen-bond acceptors (Lipinski definition) is 4. The lowest BCUT2D eigenvalue weighted by molar-refractivity contribution is -0.123. The topological polar surface area (TPSA) is 63.8 Å². The van der Waals surface area contributed by atoms with E-state index in [4.69, 9.17) is 20.8 Å². The van der Waals surface area contributed by atoms with E-state index in [1.54, 1.807) is 12.1 Å². The first kappa shape index (κ1) is 17.1. The molecule has 1 heterocycles. The van der Waals surface area contributed by atoms with E-state index in [0.29, 0.717) is 16.5 Å². The van der Waals surface area contributed by atoms with Gasteiger partial charge >= 0.3 is 0 Å². The minimum atomic E-state index is -0.352. The molecule has 0 unspecified atom stereocenters. The largest absolute Gasteiger partial charge is 0.483 e. The molecule has 0 aliphatic carbocycles. The van der Waals surface area contributed by atoms with Crippen molar-refractivity contribution >= 4 is 23.7 Å². The molecule has 0 bridgehead atoms. The first-order chi connectivity index (χ1) is 11.0. The number of hydrogen-bond donors (Lipinski definition) is 1. The molecule has 0 saturated heterocycles. The third-order valence-electron chi connectivity index (χ3n) is 3.20. The van der Waals surface area contributed by atoms with E-state index in [1.807, 2.05) is 32.9 Å². The van der Waals surface area contributed by atoms with Gasteiger partial charge in [-0.05, 0) is 48.2 Å². The SMILES string of the molecule is Cc1cc(OCC(=O)NN=Cc2ccco2)c(C(C)C)cc1Cl. The second-order valence-corrected chi connectivity index (χ2v) is 5.80. The summed E-state index contributed by atoms with van der Waals surface area (Å²) in [5.41, 5.74) is 4.26. The van der Waals surface area contributed by atoms with Gasteiger partial charge in [0.15, 0.2) is 6.61 Å². The number of carbonyl (C=O) groups is 1. The molecule has 2 aromatic rings. The van der Waals surface area contributed by atoms with E-state index in [-0.39, 0.29) is 18.4 Å². The summed E-state index contributed by atoms with van der Waals surface area (Å²) in [7, 11) is 0. The van der Waals surface area contributed by atoms with Crippen LogP contribution in [0.4, 0.5) is 0 Å². The van der Waals surface area contributed by atoms with Crippen molar-refractivity contribution < 1.29 is 13.9 Å². The summed E-state index contributed by atoms with van der Waals surface area (Å²) >= 11 is 6.15. The Hall–Kier alpha value is -2.27. The molecule has 23 heavy (non-hydrogen) atoms. The van der Waals surface area contributed by atoms with Crippen molar-refractivity contribution in [3.8, 4) is 5.75 Å². The van der Waals surface area contributed by atoms with Gasteiger partial charge in [0.05, 0.1) is 12.5 Å². The number of nitrogens with one attached hydrogen (secondary N) is 1. The van der Waals surface area contributed by atoms with Gasteiger partial charge in [-0.1, -0.05) is 25.4 Å². The predicted molar refractivity (Wildman–Crippen MR) is 90.2 cm³/mol. The lowest BCUT2D eigenvalue weighted by atomic mass is 10.0. The molecular formula is C17H19ClN2O3. The Labute approximate surface area is 140 Å². The number of aryl methyl sites for hydroxylation is 1. The zero-order valence-electron chi connectivity index (χ0n) is 13.3. The van der Waals surface area contributed by atoms with Gasteiger partial charge in [0.2, 0.25) is 0 Å². The van der Waals surface area contributed by atoms with Gasteiger partial charge in [0, 0.05) is 5.02 Å². The Morgan fingerprint density at radius 3 is 2.91 bits per heavy atom. The number of halogens is 1. The molecule has 1 N–H and O–H groups in total. The Balaban J connectivity index is 1.94. The molecular weight excluding hydrogens is 316 g/mol. The summed E-state index contributed by atoms with van der Waals surface area (Å²) in [6.07, 6.45) is 2.95. The second kappa shape index (κ2) is 7.83. The first-order valence-electron chi connectivity index (χ1n) is 7.25. The van der Waals surface area contributed by atoms with E-state index in [0.717, 1.165) is 11.1 Å². The van der Waals surface area contributed by atoms with Gasteiger partial charge in [-0.25, -0.2) is 5.43 Å². The number of benzene rings is 1. The smallest absolute Gasteiger partial charge is 0.277 e. The molecule has 0 atom stereocenters. The number of rotatable bonds is 6. The highest BCUT2D eigenvalue weighted by atomic mass is 35.5. The second-order valence-electron chi connectivity index (χ2n) is 5.39. The molecule has 122 valence electrons. The van der Waals surface area contributed by atoms with E-state index in [9.17, 15) is 4.79 Å². The maximum atomic E-state index is 11.8. The van der Waals surface area contributed by atoms with Crippen molar-refractivity contribution in [2.75, 3.05) is 6.61 Å². The minimum Gasteiger partial charge on any atom is -0.483 e. The van der Waals surface area contributed by atoms with Gasteiger partial charge in [-0.2, -0.15) is 5.10 Å². The maximum absolute atomic E-state index is 11.8. The molecule has 1 aromatic heterocycles. The summed E-state index contributed by atoms with van der Waals surface area (Å²) in [4.78, 5) is 11.8. The fraction of sp³-hybridized carbons (Fsp3) is 0.294. The van der Waals surface area contributed by atoms with Gasteiger partial charge in [0.25, 0.3) is 5.91 Å². The Bertz CT molecular complexity index is 694. The molecule has 0 aliphatic rings. The predicted octanol–water partition coefficient (Wildman–Crippen LogP) is 3.89. The maximum Gasteiger partial charge on any atom is 0.277 e. The van der Waals surface area contributed by atoms with Crippen LogP contribution in [0.15, 0.2) is 40.0 Å². The van der Waals surface area contributed by atoms with Crippen LogP contribution in [-0.4, -0.2) is 18.7 Å². The number of furan rings is 1. The van der Waals surface area contributed by atoms with Gasteiger partial charge in [-0.15, -0.1) is 0 Å². The van der Waals surface area contributed by atoms with Crippen LogP contribution in [0.5, 0.6) is 5.75 Å². The van der Waals surface area contributed by atoms with Crippen molar-refractivity contribution in [3.05, 3.63) is 52.4 Å². The highest BCUT2D eigenvalue weighted by Gasteiger charge is 2.12. The third kappa shape index (κ3) is 4.86. The summed E-state index contributed by atoms with van der Waals surface area (Å²) in [5, 5.41) is 4.48. The van der Waals surface area contributed by atoms with E-state index in [1.165, 1.54) is 12.5 Å². The normalized spacial score (nSPS) is 11.2. The molecule has 0 saturated carbocycles. The van der Waals surface area contributed by atoms with Crippen molar-refractivity contribution in [1.82, 2.24) is 5.43 Å². The molecule has 5 nitrogen and oxygen atoms in total. The van der Waals surface area contributed by atoms with E-state index in [2.05, 4.69) is 10.5 Å². The molecule has 0 spiro atoms. The molecule has 0 radical (unpaired) electrons. The quantitative estimate of drug-likeness (QED) is 0.643. The lowest BCUT2D eigenvalue weighted by Gasteiger charge is -2.15. The van der Waals surface area contributed by atoms with Crippen LogP contribution in [0.25, 0.3) is 0 Å². The van der Waals surface area contributed by atoms with Gasteiger partial charge in [-0.3, -0.25) is 4.79 Å². The molecule has 0 fully saturated rings.